The molecule has 7 heteroatoms. The quantitative estimate of drug-likeness (QED) is 0.598. The molecular weight excluding hydrogens is 291 g/mol. The second-order valence-corrected chi connectivity index (χ2v) is 4.92. The van der Waals surface area contributed by atoms with Crippen LogP contribution in [0.15, 0.2) is 18.3 Å². The van der Waals surface area contributed by atoms with Crippen LogP contribution in [0, 0.1) is 0 Å². The molecule has 0 unspecified atom stereocenters. The molecule has 2 rings (SSSR count). The lowest BCUT2D eigenvalue weighted by Crippen LogP contribution is -2.09. The van der Waals surface area contributed by atoms with Crippen molar-refractivity contribution < 1.29 is 13.2 Å². The van der Waals surface area contributed by atoms with Gasteiger partial charge in [-0.1, -0.05) is 0 Å². The molecule has 110 valence electrons. The number of alkyl halides is 4. The van der Waals surface area contributed by atoms with Crippen molar-refractivity contribution in [3.63, 3.8) is 0 Å². The number of nitrogens with zero attached hydrogens (tertiary/aromatic N) is 3. The first-order valence-corrected chi connectivity index (χ1v) is 6.97. The van der Waals surface area contributed by atoms with Crippen LogP contribution >= 0.6 is 11.6 Å². The predicted molar refractivity (Wildman–Crippen MR) is 71.9 cm³/mol. The minimum absolute atomic E-state index is 0.107. The highest BCUT2D eigenvalue weighted by Gasteiger charge is 2.25. The van der Waals surface area contributed by atoms with Crippen molar-refractivity contribution in [3.8, 4) is 0 Å². The van der Waals surface area contributed by atoms with Crippen molar-refractivity contribution in [2.75, 3.05) is 5.88 Å². The Kier molecular flexibility index (Phi) is 4.86. The highest BCUT2D eigenvalue weighted by atomic mass is 35.5. The largest absolute Gasteiger partial charge is 0.389 e. The number of imidazole rings is 1. The highest BCUT2D eigenvalue weighted by molar-refractivity contribution is 6.17. The molecule has 0 radical (unpaired) electrons. The lowest BCUT2D eigenvalue weighted by molar-refractivity contribution is -0.135. The number of hydrogen-bond donors (Lipinski definition) is 0. The summed E-state index contributed by atoms with van der Waals surface area (Å²) in [5, 5.41) is 0. The van der Waals surface area contributed by atoms with Crippen LogP contribution in [0.5, 0.6) is 0 Å². The van der Waals surface area contributed by atoms with E-state index in [1.165, 1.54) is 0 Å². The third-order valence-corrected chi connectivity index (χ3v) is 3.18. The summed E-state index contributed by atoms with van der Waals surface area (Å²) >= 11 is 5.73. The summed E-state index contributed by atoms with van der Waals surface area (Å²) in [6.07, 6.45) is -2.06. The van der Waals surface area contributed by atoms with Gasteiger partial charge in [-0.15, -0.1) is 11.6 Å². The minimum atomic E-state index is -4.09. The molecule has 0 N–H and O–H groups in total. The molecule has 0 saturated heterocycles. The third-order valence-electron chi connectivity index (χ3n) is 2.99. The van der Waals surface area contributed by atoms with Crippen LogP contribution < -0.4 is 0 Å². The van der Waals surface area contributed by atoms with Gasteiger partial charge in [-0.3, -0.25) is 0 Å². The monoisotopic (exact) mass is 305 g/mol. The Morgan fingerprint density at radius 3 is 2.75 bits per heavy atom. The second-order valence-electron chi connectivity index (χ2n) is 4.54. The van der Waals surface area contributed by atoms with Gasteiger partial charge in [0.25, 0.3) is 0 Å². The van der Waals surface area contributed by atoms with E-state index in [-0.39, 0.29) is 6.42 Å². The number of unbranched alkanes of at least 4 members (excludes halogenated alkanes) is 1. The van der Waals surface area contributed by atoms with Gasteiger partial charge >= 0.3 is 6.18 Å². The predicted octanol–water partition coefficient (Wildman–Crippen LogP) is 3.95. The van der Waals surface area contributed by atoms with Crippen LogP contribution in [0.4, 0.5) is 13.2 Å². The van der Waals surface area contributed by atoms with Gasteiger partial charge in [-0.25, -0.2) is 9.97 Å². The number of hydrogen-bond acceptors (Lipinski definition) is 2. The summed E-state index contributed by atoms with van der Waals surface area (Å²) in [5.41, 5.74) is 1.46. The molecule has 2 aromatic heterocycles. The fourth-order valence-corrected chi connectivity index (χ4v) is 2.28. The Balaban J connectivity index is 2.09. The number of aromatic nitrogens is 3. The molecule has 0 saturated carbocycles. The standard InChI is InChI=1S/C13H15ClF3N3/c14-7-5-11-19-10-4-3-8-18-12(10)20(11)9-2-1-6-13(15,16)17/h3-4,8H,1-2,5-7,9H2. The van der Waals surface area contributed by atoms with Gasteiger partial charge in [0.1, 0.15) is 11.3 Å². The van der Waals surface area contributed by atoms with Gasteiger partial charge in [-0.05, 0) is 25.0 Å². The van der Waals surface area contributed by atoms with Crippen molar-refractivity contribution in [2.45, 2.75) is 38.4 Å². The zero-order chi connectivity index (χ0) is 14.6. The zero-order valence-electron chi connectivity index (χ0n) is 10.8. The first-order valence-electron chi connectivity index (χ1n) is 6.44. The van der Waals surface area contributed by atoms with E-state index in [9.17, 15) is 13.2 Å². The van der Waals surface area contributed by atoms with Gasteiger partial charge in [0.05, 0.1) is 0 Å². The smallest absolute Gasteiger partial charge is 0.313 e. The molecule has 0 aliphatic heterocycles. The maximum Gasteiger partial charge on any atom is 0.389 e. The molecule has 0 aliphatic rings. The Hall–Kier alpha value is -1.30. The summed E-state index contributed by atoms with van der Waals surface area (Å²) in [4.78, 5) is 8.67. The fourth-order valence-electron chi connectivity index (χ4n) is 2.11. The zero-order valence-corrected chi connectivity index (χ0v) is 11.6. The second kappa shape index (κ2) is 6.43. The number of pyridine rings is 1. The normalized spacial score (nSPS) is 12.2. The molecule has 0 bridgehead atoms. The van der Waals surface area contributed by atoms with E-state index in [4.69, 9.17) is 11.6 Å². The van der Waals surface area contributed by atoms with Gasteiger partial charge in [0.15, 0.2) is 5.65 Å². The first kappa shape index (κ1) is 15.1. The summed E-state index contributed by atoms with van der Waals surface area (Å²) in [5.74, 6) is 1.20. The summed E-state index contributed by atoms with van der Waals surface area (Å²) in [7, 11) is 0. The van der Waals surface area contributed by atoms with Crippen LogP contribution in [0.25, 0.3) is 11.2 Å². The van der Waals surface area contributed by atoms with Crippen LogP contribution in [0.3, 0.4) is 0 Å². The lowest BCUT2D eigenvalue weighted by Gasteiger charge is -2.09. The average Bonchev–Trinajstić information content (AvgIpc) is 2.72. The molecule has 0 aliphatic carbocycles. The molecule has 0 fully saturated rings. The molecule has 0 spiro atoms. The van der Waals surface area contributed by atoms with E-state index >= 15 is 0 Å². The number of halogens is 4. The lowest BCUT2D eigenvalue weighted by atomic mass is 10.2. The topological polar surface area (TPSA) is 30.7 Å². The number of rotatable bonds is 6. The van der Waals surface area contributed by atoms with E-state index < -0.39 is 12.6 Å². The van der Waals surface area contributed by atoms with E-state index in [1.807, 2.05) is 10.6 Å². The number of aryl methyl sites for hydroxylation is 2. The van der Waals surface area contributed by atoms with Crippen molar-refractivity contribution in [1.29, 1.82) is 0 Å². The van der Waals surface area contributed by atoms with Gasteiger partial charge in [0.2, 0.25) is 0 Å². The van der Waals surface area contributed by atoms with E-state index in [1.54, 1.807) is 12.3 Å². The summed E-state index contributed by atoms with van der Waals surface area (Å²) in [6.45, 7) is 0.482. The Morgan fingerprint density at radius 2 is 2.05 bits per heavy atom. The minimum Gasteiger partial charge on any atom is -0.313 e. The van der Waals surface area contributed by atoms with E-state index in [2.05, 4.69) is 9.97 Å². The molecule has 0 amide bonds. The molecular formula is C13H15ClF3N3. The van der Waals surface area contributed by atoms with Crippen molar-refractivity contribution >= 4 is 22.8 Å². The highest BCUT2D eigenvalue weighted by Crippen LogP contribution is 2.23. The molecule has 0 atom stereocenters. The summed E-state index contributed by atoms with van der Waals surface area (Å²) in [6, 6.07) is 3.63. The average molecular weight is 306 g/mol. The molecule has 0 aromatic carbocycles. The first-order chi connectivity index (χ1) is 9.51. The molecule has 2 aromatic rings. The van der Waals surface area contributed by atoms with Gasteiger partial charge in [0, 0.05) is 31.5 Å². The Bertz CT molecular complexity index is 565. The maximum absolute atomic E-state index is 12.1. The molecule has 20 heavy (non-hydrogen) atoms. The maximum atomic E-state index is 12.1. The Morgan fingerprint density at radius 1 is 1.25 bits per heavy atom. The van der Waals surface area contributed by atoms with Crippen LogP contribution in [0.2, 0.25) is 0 Å². The van der Waals surface area contributed by atoms with Crippen LogP contribution in [-0.2, 0) is 13.0 Å². The van der Waals surface area contributed by atoms with E-state index in [0.717, 1.165) is 11.3 Å². The third kappa shape index (κ3) is 3.85. The molecule has 3 nitrogen and oxygen atoms in total. The van der Waals surface area contributed by atoms with Crippen molar-refractivity contribution in [1.82, 2.24) is 14.5 Å². The van der Waals surface area contributed by atoms with Gasteiger partial charge < -0.3 is 4.57 Å². The van der Waals surface area contributed by atoms with Crippen molar-refractivity contribution in [3.05, 3.63) is 24.2 Å². The SMILES string of the molecule is FC(F)(F)CCCCn1c(CCCl)nc2cccnc21. The van der Waals surface area contributed by atoms with Gasteiger partial charge in [-0.2, -0.15) is 13.2 Å². The van der Waals surface area contributed by atoms with Crippen LogP contribution in [-0.4, -0.2) is 26.6 Å². The van der Waals surface area contributed by atoms with Crippen molar-refractivity contribution in [2.24, 2.45) is 0 Å². The molecule has 2 heterocycles. The van der Waals surface area contributed by atoms with Crippen LogP contribution in [0.1, 0.15) is 25.1 Å². The van der Waals surface area contributed by atoms with E-state index in [0.29, 0.717) is 30.9 Å². The Labute approximate surface area is 119 Å². The number of fused-ring (bicyclic) bond motifs is 1. The summed E-state index contributed by atoms with van der Waals surface area (Å²) < 4.78 is 38.2. The fraction of sp³-hybridized carbons (Fsp3) is 0.538.